The van der Waals surface area contributed by atoms with E-state index in [0.29, 0.717) is 0 Å². The molecule has 1 heterocycles. The summed E-state index contributed by atoms with van der Waals surface area (Å²) < 4.78 is 5.17. The van der Waals surface area contributed by atoms with Gasteiger partial charge in [-0.15, -0.1) is 0 Å². The summed E-state index contributed by atoms with van der Waals surface area (Å²) in [5, 5.41) is 2.65. The Morgan fingerprint density at radius 3 is 2.61 bits per heavy atom. The number of aldehydes is 1. The highest BCUT2D eigenvalue weighted by atomic mass is 16.6. The number of piperidine rings is 1. The molecule has 0 saturated carbocycles. The van der Waals surface area contributed by atoms with Crippen molar-refractivity contribution in [3.05, 3.63) is 0 Å². The Kier molecular flexibility index (Phi) is 5.14. The lowest BCUT2D eigenvalue weighted by atomic mass is 9.97. The van der Waals surface area contributed by atoms with Gasteiger partial charge in [-0.3, -0.25) is 0 Å². The van der Waals surface area contributed by atoms with Crippen molar-refractivity contribution in [2.45, 2.75) is 57.7 Å². The van der Waals surface area contributed by atoms with E-state index in [0.717, 1.165) is 32.1 Å². The molecule has 2 unspecified atom stereocenters. The fourth-order valence-corrected chi connectivity index (χ4v) is 2.22. The molecule has 1 saturated heterocycles. The molecule has 0 aromatic carbocycles. The first-order valence-electron chi connectivity index (χ1n) is 6.48. The maximum absolute atomic E-state index is 11.7. The molecule has 2 atom stereocenters. The zero-order chi connectivity index (χ0) is 13.8. The first kappa shape index (κ1) is 15.0. The average Bonchev–Trinajstić information content (AvgIpc) is 2.24. The van der Waals surface area contributed by atoms with Crippen LogP contribution in [-0.4, -0.2) is 48.6 Å². The molecular formula is C13H24N2O3. The van der Waals surface area contributed by atoms with E-state index in [2.05, 4.69) is 10.2 Å². The lowest BCUT2D eigenvalue weighted by Crippen LogP contribution is -2.53. The molecule has 0 aromatic heterocycles. The molecular weight excluding hydrogens is 232 g/mol. The Bertz CT molecular complexity index is 299. The number of likely N-dealkylation sites (N-methyl/N-ethyl adjacent to an activating group) is 1. The maximum atomic E-state index is 11.7. The third kappa shape index (κ3) is 4.64. The van der Waals surface area contributed by atoms with Gasteiger partial charge in [-0.1, -0.05) is 6.42 Å². The van der Waals surface area contributed by atoms with Gasteiger partial charge in [-0.05, 0) is 47.2 Å². The Hall–Kier alpha value is -1.10. The van der Waals surface area contributed by atoms with E-state index in [1.807, 2.05) is 7.05 Å². The Morgan fingerprint density at radius 1 is 1.44 bits per heavy atom. The number of alkyl carbamates (subject to hydrolysis) is 1. The van der Waals surface area contributed by atoms with Crippen LogP contribution in [0.2, 0.25) is 0 Å². The van der Waals surface area contributed by atoms with Crippen molar-refractivity contribution in [3.8, 4) is 0 Å². The molecule has 1 aliphatic heterocycles. The number of hydrogen-bond donors (Lipinski definition) is 1. The minimum absolute atomic E-state index is 0.0729. The van der Waals surface area contributed by atoms with Crippen LogP contribution in [0.15, 0.2) is 0 Å². The van der Waals surface area contributed by atoms with E-state index < -0.39 is 17.7 Å². The number of carbonyl (C=O) groups excluding carboxylic acids is 2. The van der Waals surface area contributed by atoms with Crippen LogP contribution in [-0.2, 0) is 9.53 Å². The summed E-state index contributed by atoms with van der Waals surface area (Å²) in [7, 11) is 1.98. The van der Waals surface area contributed by atoms with Crippen molar-refractivity contribution in [2.24, 2.45) is 0 Å². The molecule has 1 amide bonds. The predicted molar refractivity (Wildman–Crippen MR) is 69.5 cm³/mol. The Morgan fingerprint density at radius 2 is 2.11 bits per heavy atom. The summed E-state index contributed by atoms with van der Waals surface area (Å²) in [6.45, 7) is 6.37. The molecule has 1 rings (SSSR count). The van der Waals surface area contributed by atoms with Gasteiger partial charge in [-0.25, -0.2) is 4.79 Å². The quantitative estimate of drug-likeness (QED) is 0.779. The van der Waals surface area contributed by atoms with Gasteiger partial charge in [0.2, 0.25) is 0 Å². The molecule has 5 nitrogen and oxygen atoms in total. The summed E-state index contributed by atoms with van der Waals surface area (Å²) in [5.41, 5.74) is -0.546. The molecule has 0 bridgehead atoms. The van der Waals surface area contributed by atoms with E-state index >= 15 is 0 Å². The second-order valence-corrected chi connectivity index (χ2v) is 5.85. The maximum Gasteiger partial charge on any atom is 0.408 e. The molecule has 0 aliphatic carbocycles. The van der Waals surface area contributed by atoms with Crippen LogP contribution in [0.5, 0.6) is 0 Å². The fourth-order valence-electron chi connectivity index (χ4n) is 2.22. The molecule has 1 fully saturated rings. The molecule has 0 aromatic rings. The molecule has 0 spiro atoms. The summed E-state index contributed by atoms with van der Waals surface area (Å²) in [5.74, 6) is 0. The second-order valence-electron chi connectivity index (χ2n) is 5.85. The van der Waals surface area contributed by atoms with Crippen molar-refractivity contribution in [1.29, 1.82) is 0 Å². The second kappa shape index (κ2) is 6.18. The number of ether oxygens (including phenoxy) is 1. The van der Waals surface area contributed by atoms with Gasteiger partial charge in [0.15, 0.2) is 0 Å². The molecule has 1 N–H and O–H groups in total. The third-order valence-electron chi connectivity index (χ3n) is 3.07. The number of likely N-dealkylation sites (tertiary alicyclic amines) is 1. The lowest BCUT2D eigenvalue weighted by Gasteiger charge is -2.36. The van der Waals surface area contributed by atoms with Crippen LogP contribution < -0.4 is 5.32 Å². The van der Waals surface area contributed by atoms with E-state index in [4.69, 9.17) is 4.74 Å². The fraction of sp³-hybridized carbons (Fsp3) is 0.846. The smallest absolute Gasteiger partial charge is 0.408 e. The van der Waals surface area contributed by atoms with Gasteiger partial charge in [-0.2, -0.15) is 0 Å². The van der Waals surface area contributed by atoms with Crippen molar-refractivity contribution in [2.75, 3.05) is 13.6 Å². The first-order valence-corrected chi connectivity index (χ1v) is 6.48. The topological polar surface area (TPSA) is 58.6 Å². The number of nitrogens with one attached hydrogen (secondary N) is 1. The Labute approximate surface area is 109 Å². The van der Waals surface area contributed by atoms with E-state index in [-0.39, 0.29) is 6.04 Å². The van der Waals surface area contributed by atoms with E-state index in [1.54, 1.807) is 20.8 Å². The highest BCUT2D eigenvalue weighted by Crippen LogP contribution is 2.17. The molecule has 18 heavy (non-hydrogen) atoms. The van der Waals surface area contributed by atoms with Crippen molar-refractivity contribution >= 4 is 12.4 Å². The van der Waals surface area contributed by atoms with Gasteiger partial charge in [0.25, 0.3) is 0 Å². The average molecular weight is 256 g/mol. The molecule has 5 heteroatoms. The third-order valence-corrected chi connectivity index (χ3v) is 3.07. The van der Waals surface area contributed by atoms with Gasteiger partial charge in [0.1, 0.15) is 17.9 Å². The van der Waals surface area contributed by atoms with Crippen molar-refractivity contribution < 1.29 is 14.3 Å². The highest BCUT2D eigenvalue weighted by Gasteiger charge is 2.29. The number of amides is 1. The number of nitrogens with zero attached hydrogens (tertiary/aromatic N) is 1. The Balaban J connectivity index is 2.55. The van der Waals surface area contributed by atoms with Crippen molar-refractivity contribution in [3.63, 3.8) is 0 Å². The van der Waals surface area contributed by atoms with Crippen LogP contribution in [0.4, 0.5) is 4.79 Å². The standard InChI is InChI=1S/C13H24N2O3/c1-13(2,3)18-12(17)14-10(9-16)11-7-5-6-8-15(11)4/h9-11H,5-8H2,1-4H3,(H,14,17). The number of carbonyl (C=O) groups is 2. The molecule has 1 aliphatic rings. The van der Waals surface area contributed by atoms with Gasteiger partial charge in [0.05, 0.1) is 0 Å². The van der Waals surface area contributed by atoms with E-state index in [9.17, 15) is 9.59 Å². The number of hydrogen-bond acceptors (Lipinski definition) is 4. The van der Waals surface area contributed by atoms with E-state index in [1.165, 1.54) is 0 Å². The summed E-state index contributed by atoms with van der Waals surface area (Å²) in [6, 6.07) is -0.422. The van der Waals surface area contributed by atoms with Crippen LogP contribution in [0.25, 0.3) is 0 Å². The molecule has 0 radical (unpaired) electrons. The van der Waals surface area contributed by atoms with Gasteiger partial charge in [0, 0.05) is 6.04 Å². The summed E-state index contributed by atoms with van der Waals surface area (Å²) >= 11 is 0. The lowest BCUT2D eigenvalue weighted by molar-refractivity contribution is -0.111. The van der Waals surface area contributed by atoms with Crippen LogP contribution in [0.3, 0.4) is 0 Å². The van der Waals surface area contributed by atoms with Crippen molar-refractivity contribution in [1.82, 2.24) is 10.2 Å². The van der Waals surface area contributed by atoms with Gasteiger partial charge >= 0.3 is 6.09 Å². The molecule has 104 valence electrons. The minimum atomic E-state index is -0.546. The number of rotatable bonds is 3. The summed E-state index contributed by atoms with van der Waals surface area (Å²) in [6.07, 6.45) is 3.44. The van der Waals surface area contributed by atoms with Gasteiger partial charge < -0.3 is 19.7 Å². The van der Waals surface area contributed by atoms with Crippen LogP contribution in [0.1, 0.15) is 40.0 Å². The first-order chi connectivity index (χ1) is 8.33. The normalized spacial score (nSPS) is 23.2. The summed E-state index contributed by atoms with van der Waals surface area (Å²) in [4.78, 5) is 24.9. The predicted octanol–water partition coefficient (Wildman–Crippen LogP) is 1.56. The largest absolute Gasteiger partial charge is 0.444 e. The monoisotopic (exact) mass is 256 g/mol. The SMILES string of the molecule is CN1CCCCC1C(C=O)NC(=O)OC(C)(C)C. The van der Waals surface area contributed by atoms with Crippen LogP contribution in [0, 0.1) is 0 Å². The zero-order valence-electron chi connectivity index (χ0n) is 11.7. The zero-order valence-corrected chi connectivity index (χ0v) is 11.7. The van der Waals surface area contributed by atoms with Crippen LogP contribution >= 0.6 is 0 Å². The highest BCUT2D eigenvalue weighted by molar-refractivity contribution is 5.74. The minimum Gasteiger partial charge on any atom is -0.444 e.